The number of nitrogens with zero attached hydrogens (tertiary/aromatic N) is 1. The van der Waals surface area contributed by atoms with Gasteiger partial charge >= 0.3 is 0 Å². The average Bonchev–Trinajstić information content (AvgIpc) is 2.86. The van der Waals surface area contributed by atoms with E-state index in [1.807, 2.05) is 13.1 Å². The average molecular weight is 253 g/mol. The lowest BCUT2D eigenvalue weighted by molar-refractivity contribution is 0.100. The number of rotatable bonds is 4. The van der Waals surface area contributed by atoms with Crippen molar-refractivity contribution in [3.05, 3.63) is 10.9 Å². The molecule has 0 spiro atoms. The van der Waals surface area contributed by atoms with Gasteiger partial charge in [-0.1, -0.05) is 12.8 Å². The van der Waals surface area contributed by atoms with Gasteiger partial charge in [0.2, 0.25) is 0 Å². The van der Waals surface area contributed by atoms with E-state index in [9.17, 15) is 4.79 Å². The summed E-state index contributed by atoms with van der Waals surface area (Å²) in [5.41, 5.74) is 11.5. The summed E-state index contributed by atoms with van der Waals surface area (Å²) >= 11 is 1.39. The number of carbonyl (C=O) groups is 1. The van der Waals surface area contributed by atoms with Crippen molar-refractivity contribution in [2.45, 2.75) is 25.7 Å². The van der Waals surface area contributed by atoms with Gasteiger partial charge in [-0.15, -0.1) is 11.3 Å². The number of nitrogen functional groups attached to an aromatic ring is 1. The number of hydrogen-bond donors (Lipinski definition) is 2. The Morgan fingerprint density at radius 1 is 1.53 bits per heavy atom. The van der Waals surface area contributed by atoms with E-state index in [1.165, 1.54) is 37.0 Å². The van der Waals surface area contributed by atoms with E-state index in [2.05, 4.69) is 4.90 Å². The summed E-state index contributed by atoms with van der Waals surface area (Å²) in [6, 6.07) is 1.85. The number of amides is 1. The lowest BCUT2D eigenvalue weighted by Gasteiger charge is -2.21. The maximum Gasteiger partial charge on any atom is 0.260 e. The molecule has 1 aromatic heterocycles. The topological polar surface area (TPSA) is 72.3 Å². The van der Waals surface area contributed by atoms with E-state index in [4.69, 9.17) is 11.5 Å². The molecular formula is C12H19N3OS. The second-order valence-electron chi connectivity index (χ2n) is 4.76. The lowest BCUT2D eigenvalue weighted by Crippen LogP contribution is -2.23. The van der Waals surface area contributed by atoms with Crippen LogP contribution in [0.25, 0.3) is 0 Å². The third kappa shape index (κ3) is 2.72. The van der Waals surface area contributed by atoms with E-state index < -0.39 is 5.91 Å². The molecule has 94 valence electrons. The third-order valence-electron chi connectivity index (χ3n) is 3.35. The highest BCUT2D eigenvalue weighted by Gasteiger charge is 2.19. The van der Waals surface area contributed by atoms with Crippen molar-refractivity contribution < 1.29 is 4.79 Å². The first kappa shape index (κ1) is 12.2. The minimum atomic E-state index is -0.437. The summed E-state index contributed by atoms with van der Waals surface area (Å²) in [5.74, 6) is 0.341. The predicted octanol–water partition coefficient (Wildman–Crippen LogP) is 2.06. The molecule has 0 atom stereocenters. The highest BCUT2D eigenvalue weighted by atomic mass is 32.1. The highest BCUT2D eigenvalue weighted by Crippen LogP contribution is 2.33. The van der Waals surface area contributed by atoms with Gasteiger partial charge in [-0.2, -0.15) is 0 Å². The van der Waals surface area contributed by atoms with Crippen LogP contribution in [0.5, 0.6) is 0 Å². The molecule has 1 aliphatic rings. The predicted molar refractivity (Wildman–Crippen MR) is 72.5 cm³/mol. The van der Waals surface area contributed by atoms with Crippen LogP contribution in [0.2, 0.25) is 0 Å². The first-order valence-corrected chi connectivity index (χ1v) is 6.80. The van der Waals surface area contributed by atoms with Gasteiger partial charge in [0, 0.05) is 13.6 Å². The van der Waals surface area contributed by atoms with Gasteiger partial charge in [0.15, 0.2) is 0 Å². The first-order valence-electron chi connectivity index (χ1n) is 5.98. The van der Waals surface area contributed by atoms with Crippen molar-refractivity contribution in [2.75, 3.05) is 24.2 Å². The smallest absolute Gasteiger partial charge is 0.260 e. The molecule has 1 amide bonds. The summed E-state index contributed by atoms with van der Waals surface area (Å²) in [7, 11) is 2.05. The molecule has 0 saturated heterocycles. The van der Waals surface area contributed by atoms with Crippen LogP contribution < -0.4 is 16.4 Å². The van der Waals surface area contributed by atoms with Crippen molar-refractivity contribution >= 4 is 27.9 Å². The van der Waals surface area contributed by atoms with Crippen molar-refractivity contribution in [3.63, 3.8) is 0 Å². The van der Waals surface area contributed by atoms with Crippen LogP contribution in [0.1, 0.15) is 35.4 Å². The van der Waals surface area contributed by atoms with Crippen molar-refractivity contribution in [2.24, 2.45) is 11.7 Å². The minimum absolute atomic E-state index is 0.437. The Kier molecular flexibility index (Phi) is 3.57. The van der Waals surface area contributed by atoms with Crippen LogP contribution in [-0.4, -0.2) is 19.5 Å². The zero-order chi connectivity index (χ0) is 12.4. The molecule has 2 rings (SSSR count). The standard InChI is InChI=1S/C12H19N3OS/c1-15(7-8-4-2-3-5-8)10-6-9(13)11(17-10)12(14)16/h6,8H,2-5,7,13H2,1H3,(H2,14,16). The molecule has 0 bridgehead atoms. The Hall–Kier alpha value is -1.23. The molecular weight excluding hydrogens is 234 g/mol. The fourth-order valence-corrected chi connectivity index (χ4v) is 3.35. The zero-order valence-corrected chi connectivity index (χ0v) is 10.9. The van der Waals surface area contributed by atoms with Crippen LogP contribution in [0.4, 0.5) is 10.7 Å². The van der Waals surface area contributed by atoms with Gasteiger partial charge in [0.05, 0.1) is 10.7 Å². The molecule has 5 heteroatoms. The molecule has 1 fully saturated rings. The number of thiophene rings is 1. The van der Waals surface area contributed by atoms with Gasteiger partial charge in [-0.25, -0.2) is 0 Å². The number of nitrogens with two attached hydrogens (primary N) is 2. The molecule has 1 aliphatic carbocycles. The van der Waals surface area contributed by atoms with Crippen LogP contribution in [0.15, 0.2) is 6.07 Å². The van der Waals surface area contributed by atoms with Crippen LogP contribution >= 0.6 is 11.3 Å². The third-order valence-corrected chi connectivity index (χ3v) is 4.63. The second kappa shape index (κ2) is 4.96. The summed E-state index contributed by atoms with van der Waals surface area (Å²) in [4.78, 5) is 13.8. The summed E-state index contributed by atoms with van der Waals surface area (Å²) < 4.78 is 0. The van der Waals surface area contributed by atoms with E-state index in [1.54, 1.807) is 0 Å². The quantitative estimate of drug-likeness (QED) is 0.862. The van der Waals surface area contributed by atoms with Crippen LogP contribution in [-0.2, 0) is 0 Å². The van der Waals surface area contributed by atoms with Crippen molar-refractivity contribution in [1.82, 2.24) is 0 Å². The zero-order valence-electron chi connectivity index (χ0n) is 10.1. The van der Waals surface area contributed by atoms with E-state index in [0.29, 0.717) is 10.6 Å². The Morgan fingerprint density at radius 3 is 2.71 bits per heavy atom. The van der Waals surface area contributed by atoms with Crippen molar-refractivity contribution in [3.8, 4) is 0 Å². The van der Waals surface area contributed by atoms with E-state index >= 15 is 0 Å². The number of hydrogen-bond acceptors (Lipinski definition) is 4. The molecule has 4 N–H and O–H groups in total. The van der Waals surface area contributed by atoms with Gasteiger partial charge in [-0.3, -0.25) is 4.79 Å². The molecule has 0 radical (unpaired) electrons. The fourth-order valence-electron chi connectivity index (χ4n) is 2.44. The summed E-state index contributed by atoms with van der Waals surface area (Å²) in [5, 5.41) is 1.03. The van der Waals surface area contributed by atoms with Crippen molar-refractivity contribution in [1.29, 1.82) is 0 Å². The lowest BCUT2D eigenvalue weighted by atomic mass is 10.1. The minimum Gasteiger partial charge on any atom is -0.397 e. The highest BCUT2D eigenvalue weighted by molar-refractivity contribution is 7.18. The second-order valence-corrected chi connectivity index (χ2v) is 5.80. The SMILES string of the molecule is CN(CC1CCCC1)c1cc(N)c(C(N)=O)s1. The molecule has 0 unspecified atom stereocenters. The van der Waals surface area contributed by atoms with Gasteiger partial charge in [0.25, 0.3) is 5.91 Å². The maximum atomic E-state index is 11.1. The summed E-state index contributed by atoms with van der Waals surface area (Å²) in [6.45, 7) is 1.04. The molecule has 4 nitrogen and oxygen atoms in total. The van der Waals surface area contributed by atoms with Gasteiger partial charge in [0.1, 0.15) is 4.88 Å². The molecule has 0 aliphatic heterocycles. The maximum absolute atomic E-state index is 11.1. The Bertz CT molecular complexity index is 410. The van der Waals surface area contributed by atoms with Crippen LogP contribution in [0.3, 0.4) is 0 Å². The monoisotopic (exact) mass is 253 g/mol. The molecule has 17 heavy (non-hydrogen) atoms. The van der Waals surface area contributed by atoms with Crippen LogP contribution in [0, 0.1) is 5.92 Å². The number of anilines is 2. The normalized spacial score (nSPS) is 16.3. The number of primary amides is 1. The molecule has 0 aromatic carbocycles. The number of carbonyl (C=O) groups excluding carboxylic acids is 1. The van der Waals surface area contributed by atoms with E-state index in [0.717, 1.165) is 17.5 Å². The Labute approximate surface area is 106 Å². The Morgan fingerprint density at radius 2 is 2.18 bits per heavy atom. The molecule has 1 heterocycles. The largest absolute Gasteiger partial charge is 0.397 e. The summed E-state index contributed by atoms with van der Waals surface area (Å²) in [6.07, 6.45) is 5.32. The van der Waals surface area contributed by atoms with Gasteiger partial charge in [-0.05, 0) is 24.8 Å². The van der Waals surface area contributed by atoms with E-state index in [-0.39, 0.29) is 0 Å². The fraction of sp³-hybridized carbons (Fsp3) is 0.583. The first-order chi connectivity index (χ1) is 8.08. The molecule has 1 aromatic rings. The molecule has 1 saturated carbocycles. The Balaban J connectivity index is 2.05. The van der Waals surface area contributed by atoms with Gasteiger partial charge < -0.3 is 16.4 Å².